The first-order valence-corrected chi connectivity index (χ1v) is 6.25. The van der Waals surface area contributed by atoms with Gasteiger partial charge in [-0.05, 0) is 24.0 Å². The molecule has 1 unspecified atom stereocenters. The number of nitrogens with zero attached hydrogens (tertiary/aromatic N) is 1. The first-order chi connectivity index (χ1) is 8.66. The van der Waals surface area contributed by atoms with E-state index in [2.05, 4.69) is 22.9 Å². The van der Waals surface area contributed by atoms with Gasteiger partial charge in [0.25, 0.3) is 0 Å². The third-order valence-corrected chi connectivity index (χ3v) is 3.67. The SMILES string of the molecule is NC(Cc1cn2c3c(cccc13)CCC2)C(=O)O. The van der Waals surface area contributed by atoms with Crippen molar-refractivity contribution in [1.82, 2.24) is 4.57 Å². The molecule has 0 aliphatic carbocycles. The lowest BCUT2D eigenvalue weighted by atomic mass is 10.0. The zero-order valence-electron chi connectivity index (χ0n) is 10.1. The Bertz CT molecular complexity index is 616. The molecule has 0 saturated carbocycles. The number of nitrogens with two attached hydrogens (primary N) is 1. The Morgan fingerprint density at radius 1 is 1.50 bits per heavy atom. The zero-order chi connectivity index (χ0) is 12.7. The Morgan fingerprint density at radius 2 is 2.33 bits per heavy atom. The summed E-state index contributed by atoms with van der Waals surface area (Å²) in [4.78, 5) is 10.9. The highest BCUT2D eigenvalue weighted by Crippen LogP contribution is 2.29. The summed E-state index contributed by atoms with van der Waals surface area (Å²) in [6.45, 7) is 1.01. The van der Waals surface area contributed by atoms with Crippen molar-refractivity contribution in [3.8, 4) is 0 Å². The van der Waals surface area contributed by atoms with Crippen LogP contribution in [0.5, 0.6) is 0 Å². The summed E-state index contributed by atoms with van der Waals surface area (Å²) in [6, 6.07) is 5.43. The molecule has 1 aliphatic heterocycles. The van der Waals surface area contributed by atoms with Crippen molar-refractivity contribution in [2.75, 3.05) is 0 Å². The van der Waals surface area contributed by atoms with Crippen molar-refractivity contribution in [1.29, 1.82) is 0 Å². The van der Waals surface area contributed by atoms with Crippen molar-refractivity contribution in [2.45, 2.75) is 31.8 Å². The maximum Gasteiger partial charge on any atom is 0.320 e. The summed E-state index contributed by atoms with van der Waals surface area (Å²) >= 11 is 0. The van der Waals surface area contributed by atoms with Gasteiger partial charge in [-0.15, -0.1) is 0 Å². The molecule has 0 bridgehead atoms. The number of benzene rings is 1. The van der Waals surface area contributed by atoms with Gasteiger partial charge in [0.15, 0.2) is 0 Å². The molecule has 1 aliphatic rings. The molecule has 1 aromatic heterocycles. The zero-order valence-corrected chi connectivity index (χ0v) is 10.1. The molecule has 0 amide bonds. The van der Waals surface area contributed by atoms with E-state index in [1.165, 1.54) is 11.1 Å². The number of hydrogen-bond acceptors (Lipinski definition) is 2. The van der Waals surface area contributed by atoms with Gasteiger partial charge in [-0.25, -0.2) is 0 Å². The number of aliphatic carboxylic acids is 1. The quantitative estimate of drug-likeness (QED) is 0.860. The normalized spacial score (nSPS) is 15.8. The van der Waals surface area contributed by atoms with Gasteiger partial charge in [0.2, 0.25) is 0 Å². The average molecular weight is 244 g/mol. The molecule has 3 rings (SSSR count). The lowest BCUT2D eigenvalue weighted by Gasteiger charge is -2.14. The van der Waals surface area contributed by atoms with Crippen LogP contribution in [-0.2, 0) is 24.2 Å². The van der Waals surface area contributed by atoms with Gasteiger partial charge in [0.05, 0.1) is 5.52 Å². The minimum atomic E-state index is -0.943. The highest BCUT2D eigenvalue weighted by molar-refractivity contribution is 5.88. The molecule has 18 heavy (non-hydrogen) atoms. The standard InChI is InChI=1S/C14H16N2O2/c15-12(14(17)18)7-10-8-16-6-2-4-9-3-1-5-11(10)13(9)16/h1,3,5,8,12H,2,4,6-7,15H2,(H,17,18). The summed E-state index contributed by atoms with van der Waals surface area (Å²) in [5.41, 5.74) is 9.30. The minimum absolute atomic E-state index is 0.391. The topological polar surface area (TPSA) is 68.2 Å². The summed E-state index contributed by atoms with van der Waals surface area (Å²) in [5.74, 6) is -0.943. The van der Waals surface area contributed by atoms with Crippen LogP contribution in [0.15, 0.2) is 24.4 Å². The predicted octanol–water partition coefficient (Wildman–Crippen LogP) is 1.54. The van der Waals surface area contributed by atoms with Crippen molar-refractivity contribution in [2.24, 2.45) is 5.73 Å². The van der Waals surface area contributed by atoms with Crippen LogP contribution in [-0.4, -0.2) is 21.7 Å². The molecule has 3 N–H and O–H groups in total. The molecule has 1 atom stereocenters. The number of carbonyl (C=O) groups is 1. The van der Waals surface area contributed by atoms with E-state index in [0.29, 0.717) is 6.42 Å². The number of carboxylic acids is 1. The van der Waals surface area contributed by atoms with Crippen LogP contribution < -0.4 is 5.73 Å². The van der Waals surface area contributed by atoms with E-state index < -0.39 is 12.0 Å². The Hall–Kier alpha value is -1.81. The van der Waals surface area contributed by atoms with Crippen molar-refractivity contribution >= 4 is 16.9 Å². The third-order valence-electron chi connectivity index (χ3n) is 3.67. The molecule has 2 heterocycles. The first-order valence-electron chi connectivity index (χ1n) is 6.25. The molecule has 0 saturated heterocycles. The monoisotopic (exact) mass is 244 g/mol. The van der Waals surface area contributed by atoms with Crippen LogP contribution in [0.1, 0.15) is 17.5 Å². The van der Waals surface area contributed by atoms with Crippen LogP contribution in [0.3, 0.4) is 0 Å². The first kappa shape index (κ1) is 11.3. The van der Waals surface area contributed by atoms with E-state index in [0.717, 1.165) is 30.3 Å². The number of para-hydroxylation sites is 1. The molecule has 94 valence electrons. The fourth-order valence-corrected chi connectivity index (χ4v) is 2.82. The molecule has 0 spiro atoms. The van der Waals surface area contributed by atoms with E-state index in [4.69, 9.17) is 10.8 Å². The molecule has 4 nitrogen and oxygen atoms in total. The van der Waals surface area contributed by atoms with Crippen molar-refractivity contribution in [3.63, 3.8) is 0 Å². The van der Waals surface area contributed by atoms with Crippen LogP contribution in [0, 0.1) is 0 Å². The maximum absolute atomic E-state index is 10.9. The van der Waals surface area contributed by atoms with Gasteiger partial charge in [-0.3, -0.25) is 4.79 Å². The lowest BCUT2D eigenvalue weighted by Crippen LogP contribution is -2.32. The van der Waals surface area contributed by atoms with Crippen molar-refractivity contribution < 1.29 is 9.90 Å². The van der Waals surface area contributed by atoms with Crippen LogP contribution >= 0.6 is 0 Å². The number of aryl methyl sites for hydroxylation is 2. The molecule has 4 heteroatoms. The molecule has 1 aromatic carbocycles. The summed E-state index contributed by atoms with van der Waals surface area (Å²) in [6.07, 6.45) is 4.70. The fraction of sp³-hybridized carbons (Fsp3) is 0.357. The second kappa shape index (κ2) is 4.14. The molecular weight excluding hydrogens is 228 g/mol. The van der Waals surface area contributed by atoms with Crippen LogP contribution in [0.2, 0.25) is 0 Å². The highest BCUT2D eigenvalue weighted by atomic mass is 16.4. The van der Waals surface area contributed by atoms with E-state index >= 15 is 0 Å². The van der Waals surface area contributed by atoms with Gasteiger partial charge < -0.3 is 15.4 Å². The second-order valence-electron chi connectivity index (χ2n) is 4.91. The molecule has 0 fully saturated rings. The number of hydrogen-bond donors (Lipinski definition) is 2. The van der Waals surface area contributed by atoms with Crippen LogP contribution in [0.25, 0.3) is 10.9 Å². The van der Waals surface area contributed by atoms with Crippen molar-refractivity contribution in [3.05, 3.63) is 35.5 Å². The Kier molecular flexibility index (Phi) is 2.59. The average Bonchev–Trinajstić information content (AvgIpc) is 2.70. The van der Waals surface area contributed by atoms with Gasteiger partial charge in [0.1, 0.15) is 6.04 Å². The van der Waals surface area contributed by atoms with Gasteiger partial charge in [-0.2, -0.15) is 0 Å². The molecular formula is C14H16N2O2. The number of rotatable bonds is 3. The van der Waals surface area contributed by atoms with E-state index in [1.807, 2.05) is 6.07 Å². The van der Waals surface area contributed by atoms with Gasteiger partial charge >= 0.3 is 5.97 Å². The largest absolute Gasteiger partial charge is 0.480 e. The summed E-state index contributed by atoms with van der Waals surface area (Å²) < 4.78 is 2.23. The van der Waals surface area contributed by atoms with Gasteiger partial charge in [0, 0.05) is 24.5 Å². The lowest BCUT2D eigenvalue weighted by molar-refractivity contribution is -0.138. The van der Waals surface area contributed by atoms with E-state index in [-0.39, 0.29) is 0 Å². The number of aromatic nitrogens is 1. The second-order valence-corrected chi connectivity index (χ2v) is 4.91. The highest BCUT2D eigenvalue weighted by Gasteiger charge is 2.19. The minimum Gasteiger partial charge on any atom is -0.480 e. The summed E-state index contributed by atoms with van der Waals surface area (Å²) in [7, 11) is 0. The van der Waals surface area contributed by atoms with Crippen LogP contribution in [0.4, 0.5) is 0 Å². The molecule has 0 radical (unpaired) electrons. The maximum atomic E-state index is 10.9. The van der Waals surface area contributed by atoms with Gasteiger partial charge in [-0.1, -0.05) is 18.2 Å². The predicted molar refractivity (Wildman–Crippen MR) is 69.6 cm³/mol. The van der Waals surface area contributed by atoms with E-state index in [9.17, 15) is 4.79 Å². The number of carboxylic acid groups (broad SMARTS) is 1. The smallest absolute Gasteiger partial charge is 0.320 e. The Balaban J connectivity index is 2.09. The Labute approximate surface area is 105 Å². The Morgan fingerprint density at radius 3 is 3.11 bits per heavy atom. The fourth-order valence-electron chi connectivity index (χ4n) is 2.82. The third kappa shape index (κ3) is 1.69. The summed E-state index contributed by atoms with van der Waals surface area (Å²) in [5, 5.41) is 10.1. The molecule has 2 aromatic rings. The van der Waals surface area contributed by atoms with E-state index in [1.54, 1.807) is 0 Å².